The highest BCUT2D eigenvalue weighted by atomic mass is 16.2. The van der Waals surface area contributed by atoms with Gasteiger partial charge in [-0.05, 0) is 54.9 Å². The van der Waals surface area contributed by atoms with E-state index in [0.717, 1.165) is 24.8 Å². The molecular formula is C29H41NO. The Labute approximate surface area is 190 Å². The third-order valence-corrected chi connectivity index (χ3v) is 6.03. The minimum atomic E-state index is 0.0862. The molecule has 0 saturated heterocycles. The van der Waals surface area contributed by atoms with Crippen LogP contribution in [0.5, 0.6) is 0 Å². The van der Waals surface area contributed by atoms with Crippen LogP contribution in [0.4, 0.5) is 0 Å². The Hall–Kier alpha value is -2.35. The quantitative estimate of drug-likeness (QED) is 0.358. The summed E-state index contributed by atoms with van der Waals surface area (Å²) in [6.07, 6.45) is 7.84. The van der Waals surface area contributed by atoms with Crippen LogP contribution in [0.1, 0.15) is 95.1 Å². The summed E-state index contributed by atoms with van der Waals surface area (Å²) >= 11 is 0. The summed E-state index contributed by atoms with van der Waals surface area (Å²) in [7, 11) is 0. The van der Waals surface area contributed by atoms with Gasteiger partial charge in [0, 0.05) is 18.2 Å². The lowest BCUT2D eigenvalue weighted by Gasteiger charge is -2.30. The lowest BCUT2D eigenvalue weighted by molar-refractivity contribution is 0.0706. The summed E-state index contributed by atoms with van der Waals surface area (Å²) in [5.74, 6) is 0.129. The number of unbranched alkanes of at least 4 members (excludes halogenated alkanes) is 2. The number of amides is 1. The number of hydrogen-bond donors (Lipinski definition) is 0. The van der Waals surface area contributed by atoms with E-state index in [2.05, 4.69) is 88.9 Å². The summed E-state index contributed by atoms with van der Waals surface area (Å²) < 4.78 is 0. The monoisotopic (exact) mass is 419 g/mol. The molecule has 0 aromatic heterocycles. The molecule has 0 bridgehead atoms. The molecule has 0 N–H and O–H groups in total. The van der Waals surface area contributed by atoms with E-state index in [1.807, 2.05) is 18.2 Å². The van der Waals surface area contributed by atoms with Crippen molar-refractivity contribution >= 4 is 12.0 Å². The van der Waals surface area contributed by atoms with Crippen LogP contribution < -0.4 is 0 Å². The van der Waals surface area contributed by atoms with Crippen LogP contribution in [-0.2, 0) is 5.41 Å². The Bertz CT molecular complexity index is 827. The first-order valence-electron chi connectivity index (χ1n) is 11.9. The van der Waals surface area contributed by atoms with E-state index < -0.39 is 0 Å². The smallest absolute Gasteiger partial charge is 0.254 e. The van der Waals surface area contributed by atoms with Gasteiger partial charge in [0.15, 0.2) is 0 Å². The van der Waals surface area contributed by atoms with Crippen LogP contribution in [0.25, 0.3) is 6.08 Å². The summed E-state index contributed by atoms with van der Waals surface area (Å²) in [5, 5.41) is 0. The van der Waals surface area contributed by atoms with Crippen molar-refractivity contribution in [1.82, 2.24) is 4.90 Å². The lowest BCUT2D eigenvalue weighted by Crippen LogP contribution is -2.39. The van der Waals surface area contributed by atoms with E-state index in [-0.39, 0.29) is 17.4 Å². The van der Waals surface area contributed by atoms with Crippen molar-refractivity contribution in [2.75, 3.05) is 6.54 Å². The SMILES string of the molecule is CCCCC/C(=C\c1ccccc1)CN(C(=O)c1ccc(C(C)(C)C)cc1)C(C)CC. The van der Waals surface area contributed by atoms with Crippen molar-refractivity contribution in [3.8, 4) is 0 Å². The van der Waals surface area contributed by atoms with E-state index in [1.165, 1.54) is 29.5 Å². The molecule has 2 aromatic rings. The third-order valence-electron chi connectivity index (χ3n) is 6.03. The summed E-state index contributed by atoms with van der Waals surface area (Å²) in [4.78, 5) is 15.6. The van der Waals surface area contributed by atoms with Gasteiger partial charge >= 0.3 is 0 Å². The molecule has 0 spiro atoms. The van der Waals surface area contributed by atoms with Crippen LogP contribution in [0, 0.1) is 0 Å². The van der Waals surface area contributed by atoms with E-state index >= 15 is 0 Å². The molecule has 0 aliphatic carbocycles. The second-order valence-corrected chi connectivity index (χ2v) is 9.69. The number of rotatable bonds is 10. The topological polar surface area (TPSA) is 20.3 Å². The Balaban J connectivity index is 2.29. The summed E-state index contributed by atoms with van der Waals surface area (Å²) in [6.45, 7) is 13.8. The second kappa shape index (κ2) is 11.9. The molecule has 0 heterocycles. The van der Waals surface area contributed by atoms with Gasteiger partial charge in [0.1, 0.15) is 0 Å². The van der Waals surface area contributed by atoms with Gasteiger partial charge in [-0.25, -0.2) is 0 Å². The maximum Gasteiger partial charge on any atom is 0.254 e. The standard InChI is InChI=1S/C29H41NO/c1-7-9-11-16-25(21-24-14-12-10-13-15-24)22-30(23(3)8-2)28(31)26-17-19-27(20-18-26)29(4,5)6/h10,12-15,17-21,23H,7-9,11,16,22H2,1-6H3/b25-21+. The number of carbonyl (C=O) groups excluding carboxylic acids is 1. The van der Waals surface area contributed by atoms with Gasteiger partial charge in [0.2, 0.25) is 0 Å². The van der Waals surface area contributed by atoms with Crippen molar-refractivity contribution < 1.29 is 4.79 Å². The highest BCUT2D eigenvalue weighted by molar-refractivity contribution is 5.94. The first-order valence-corrected chi connectivity index (χ1v) is 11.9. The first kappa shape index (κ1) is 24.9. The fourth-order valence-corrected chi connectivity index (χ4v) is 3.73. The fourth-order valence-electron chi connectivity index (χ4n) is 3.73. The van der Waals surface area contributed by atoms with E-state index in [1.54, 1.807) is 0 Å². The predicted octanol–water partition coefficient (Wildman–Crippen LogP) is 7.89. The van der Waals surface area contributed by atoms with Gasteiger partial charge in [0.05, 0.1) is 0 Å². The Morgan fingerprint density at radius 1 is 0.968 bits per heavy atom. The number of hydrogen-bond acceptors (Lipinski definition) is 1. The lowest BCUT2D eigenvalue weighted by atomic mass is 9.86. The van der Waals surface area contributed by atoms with Crippen LogP contribution in [0.2, 0.25) is 0 Å². The maximum absolute atomic E-state index is 13.5. The minimum absolute atomic E-state index is 0.0862. The first-order chi connectivity index (χ1) is 14.8. The highest BCUT2D eigenvalue weighted by Crippen LogP contribution is 2.24. The van der Waals surface area contributed by atoms with E-state index in [0.29, 0.717) is 6.54 Å². The zero-order chi connectivity index (χ0) is 22.9. The molecule has 2 aromatic carbocycles. The molecule has 0 saturated carbocycles. The molecule has 0 aliphatic heterocycles. The normalized spacial score (nSPS) is 13.2. The van der Waals surface area contributed by atoms with Crippen molar-refractivity contribution in [3.05, 3.63) is 76.9 Å². The van der Waals surface area contributed by atoms with Gasteiger partial charge in [-0.2, -0.15) is 0 Å². The maximum atomic E-state index is 13.5. The molecule has 2 heteroatoms. The molecule has 0 fully saturated rings. The van der Waals surface area contributed by atoms with Crippen molar-refractivity contribution in [2.24, 2.45) is 0 Å². The molecule has 0 aliphatic rings. The third kappa shape index (κ3) is 7.69. The van der Waals surface area contributed by atoms with Gasteiger partial charge in [-0.1, -0.05) is 102 Å². The zero-order valence-corrected chi connectivity index (χ0v) is 20.4. The highest BCUT2D eigenvalue weighted by Gasteiger charge is 2.22. The number of carbonyl (C=O) groups is 1. The van der Waals surface area contributed by atoms with Gasteiger partial charge in [0.25, 0.3) is 5.91 Å². The van der Waals surface area contributed by atoms with Crippen LogP contribution in [-0.4, -0.2) is 23.4 Å². The molecule has 168 valence electrons. The molecule has 0 radical (unpaired) electrons. The minimum Gasteiger partial charge on any atom is -0.332 e. The van der Waals surface area contributed by atoms with Crippen molar-refractivity contribution in [2.45, 2.75) is 85.1 Å². The Morgan fingerprint density at radius 3 is 2.16 bits per heavy atom. The fraction of sp³-hybridized carbons (Fsp3) is 0.483. The van der Waals surface area contributed by atoms with Gasteiger partial charge < -0.3 is 4.90 Å². The number of benzene rings is 2. The zero-order valence-electron chi connectivity index (χ0n) is 20.4. The van der Waals surface area contributed by atoms with E-state index in [4.69, 9.17) is 0 Å². The summed E-state index contributed by atoms with van der Waals surface area (Å²) in [6, 6.07) is 18.9. The molecule has 2 rings (SSSR count). The average Bonchev–Trinajstić information content (AvgIpc) is 2.76. The molecule has 2 nitrogen and oxygen atoms in total. The molecular weight excluding hydrogens is 378 g/mol. The molecule has 1 atom stereocenters. The predicted molar refractivity (Wildman–Crippen MR) is 134 cm³/mol. The van der Waals surface area contributed by atoms with Crippen LogP contribution in [0.15, 0.2) is 60.2 Å². The largest absolute Gasteiger partial charge is 0.332 e. The van der Waals surface area contributed by atoms with Crippen LogP contribution >= 0.6 is 0 Å². The Kier molecular flexibility index (Phi) is 9.55. The van der Waals surface area contributed by atoms with Gasteiger partial charge in [-0.15, -0.1) is 0 Å². The summed E-state index contributed by atoms with van der Waals surface area (Å²) in [5.41, 5.74) is 4.66. The number of nitrogens with zero attached hydrogens (tertiary/aromatic N) is 1. The van der Waals surface area contributed by atoms with E-state index in [9.17, 15) is 4.79 Å². The molecule has 1 unspecified atom stereocenters. The van der Waals surface area contributed by atoms with Crippen LogP contribution in [0.3, 0.4) is 0 Å². The molecule has 31 heavy (non-hydrogen) atoms. The van der Waals surface area contributed by atoms with Crippen molar-refractivity contribution in [3.63, 3.8) is 0 Å². The van der Waals surface area contributed by atoms with Gasteiger partial charge in [-0.3, -0.25) is 4.79 Å². The molecule has 1 amide bonds. The second-order valence-electron chi connectivity index (χ2n) is 9.69. The average molecular weight is 420 g/mol. The Morgan fingerprint density at radius 2 is 1.61 bits per heavy atom. The van der Waals surface area contributed by atoms with Crippen molar-refractivity contribution in [1.29, 1.82) is 0 Å².